The van der Waals surface area contributed by atoms with Crippen molar-refractivity contribution in [2.45, 2.75) is 38.8 Å². The van der Waals surface area contributed by atoms with Gasteiger partial charge in [0, 0.05) is 24.0 Å². The molecule has 1 unspecified atom stereocenters. The summed E-state index contributed by atoms with van der Waals surface area (Å²) in [4.78, 5) is 15.5. The van der Waals surface area contributed by atoms with E-state index in [-0.39, 0.29) is 0 Å². The molecule has 0 bridgehead atoms. The SMILES string of the molecule is CC(C)N(Cc1cccs1)CC(C)(C=O)c1ccccc1. The smallest absolute Gasteiger partial charge is 0.131 e. The molecule has 0 radical (unpaired) electrons. The van der Waals surface area contributed by atoms with E-state index in [0.717, 1.165) is 24.9 Å². The Morgan fingerprint density at radius 3 is 2.43 bits per heavy atom. The summed E-state index contributed by atoms with van der Waals surface area (Å²) in [6.07, 6.45) is 1.09. The normalized spacial score (nSPS) is 14.3. The molecule has 2 nitrogen and oxygen atoms in total. The first-order chi connectivity index (χ1) is 10.0. The molecular weight excluding hydrogens is 278 g/mol. The first kappa shape index (κ1) is 15.9. The summed E-state index contributed by atoms with van der Waals surface area (Å²) >= 11 is 1.77. The fourth-order valence-electron chi connectivity index (χ4n) is 2.46. The molecule has 0 fully saturated rings. The number of rotatable bonds is 7. The zero-order chi connectivity index (χ0) is 15.3. The first-order valence-corrected chi connectivity index (χ1v) is 8.21. The van der Waals surface area contributed by atoms with E-state index in [9.17, 15) is 4.79 Å². The molecule has 3 heteroatoms. The average molecular weight is 301 g/mol. The minimum absolute atomic E-state index is 0.398. The molecule has 0 aliphatic carbocycles. The van der Waals surface area contributed by atoms with Crippen molar-refractivity contribution in [3.8, 4) is 0 Å². The van der Waals surface area contributed by atoms with Gasteiger partial charge in [-0.3, -0.25) is 4.90 Å². The Morgan fingerprint density at radius 2 is 1.90 bits per heavy atom. The third-order valence-electron chi connectivity index (χ3n) is 3.89. The van der Waals surface area contributed by atoms with Crippen LogP contribution in [0.1, 0.15) is 31.2 Å². The summed E-state index contributed by atoms with van der Waals surface area (Å²) in [5, 5.41) is 2.10. The van der Waals surface area contributed by atoms with Gasteiger partial charge in [-0.25, -0.2) is 0 Å². The summed E-state index contributed by atoms with van der Waals surface area (Å²) < 4.78 is 0. The molecule has 2 aromatic rings. The molecule has 0 saturated heterocycles. The zero-order valence-electron chi connectivity index (χ0n) is 13.0. The van der Waals surface area contributed by atoms with Crippen LogP contribution in [-0.2, 0) is 16.8 Å². The van der Waals surface area contributed by atoms with Crippen molar-refractivity contribution in [3.63, 3.8) is 0 Å². The van der Waals surface area contributed by atoms with Crippen LogP contribution in [0.3, 0.4) is 0 Å². The van der Waals surface area contributed by atoms with Crippen molar-refractivity contribution < 1.29 is 4.79 Å². The minimum Gasteiger partial charge on any atom is -0.302 e. The van der Waals surface area contributed by atoms with Gasteiger partial charge in [-0.1, -0.05) is 36.4 Å². The lowest BCUT2D eigenvalue weighted by Crippen LogP contribution is -2.43. The number of hydrogen-bond acceptors (Lipinski definition) is 3. The molecule has 0 aliphatic rings. The molecule has 21 heavy (non-hydrogen) atoms. The lowest BCUT2D eigenvalue weighted by atomic mass is 9.83. The lowest BCUT2D eigenvalue weighted by molar-refractivity contribution is -0.113. The van der Waals surface area contributed by atoms with Gasteiger partial charge in [0.2, 0.25) is 0 Å². The highest BCUT2D eigenvalue weighted by Gasteiger charge is 2.29. The number of benzene rings is 1. The van der Waals surface area contributed by atoms with Crippen LogP contribution < -0.4 is 0 Å². The van der Waals surface area contributed by atoms with Gasteiger partial charge in [0.1, 0.15) is 6.29 Å². The average Bonchev–Trinajstić information content (AvgIpc) is 3.00. The topological polar surface area (TPSA) is 20.3 Å². The second-order valence-corrected chi connectivity index (χ2v) is 7.01. The number of nitrogens with zero attached hydrogens (tertiary/aromatic N) is 1. The summed E-state index contributed by atoms with van der Waals surface area (Å²) in [6, 6.07) is 14.7. The monoisotopic (exact) mass is 301 g/mol. The van der Waals surface area contributed by atoms with Crippen LogP contribution in [-0.4, -0.2) is 23.8 Å². The second-order valence-electron chi connectivity index (χ2n) is 5.98. The fraction of sp³-hybridized carbons (Fsp3) is 0.389. The molecule has 0 spiro atoms. The van der Waals surface area contributed by atoms with Gasteiger partial charge in [-0.05, 0) is 37.8 Å². The van der Waals surface area contributed by atoms with E-state index in [0.29, 0.717) is 6.04 Å². The van der Waals surface area contributed by atoms with Gasteiger partial charge in [0.15, 0.2) is 0 Å². The Hall–Kier alpha value is -1.45. The van der Waals surface area contributed by atoms with Gasteiger partial charge < -0.3 is 4.79 Å². The molecule has 1 aromatic carbocycles. The standard InChI is InChI=1S/C18H23NOS/c1-15(2)19(12-17-10-7-11-21-17)13-18(3,14-20)16-8-5-4-6-9-16/h4-11,14-15H,12-13H2,1-3H3. The number of carbonyl (C=O) groups excluding carboxylic acids is 1. The van der Waals surface area contributed by atoms with Gasteiger partial charge in [-0.15, -0.1) is 11.3 Å². The predicted molar refractivity (Wildman–Crippen MR) is 89.7 cm³/mol. The third kappa shape index (κ3) is 4.02. The van der Waals surface area contributed by atoms with Crippen LogP contribution >= 0.6 is 11.3 Å². The molecule has 0 amide bonds. The Balaban J connectivity index is 2.19. The molecule has 0 N–H and O–H groups in total. The van der Waals surface area contributed by atoms with Gasteiger partial charge in [-0.2, -0.15) is 0 Å². The van der Waals surface area contributed by atoms with Crippen LogP contribution in [0.25, 0.3) is 0 Å². The van der Waals surface area contributed by atoms with E-state index in [4.69, 9.17) is 0 Å². The molecule has 0 aliphatic heterocycles. The predicted octanol–water partition coefficient (Wildman–Crippen LogP) is 4.12. The quantitative estimate of drug-likeness (QED) is 0.717. The van der Waals surface area contributed by atoms with Crippen molar-refractivity contribution in [1.29, 1.82) is 0 Å². The Morgan fingerprint density at radius 1 is 1.19 bits per heavy atom. The van der Waals surface area contributed by atoms with Crippen LogP contribution in [0, 0.1) is 0 Å². The van der Waals surface area contributed by atoms with Crippen molar-refractivity contribution in [2.24, 2.45) is 0 Å². The molecule has 1 aromatic heterocycles. The van der Waals surface area contributed by atoms with Crippen molar-refractivity contribution in [1.82, 2.24) is 4.90 Å². The van der Waals surface area contributed by atoms with E-state index in [1.54, 1.807) is 11.3 Å². The van der Waals surface area contributed by atoms with E-state index in [2.05, 4.69) is 36.3 Å². The number of hydrogen-bond donors (Lipinski definition) is 0. The summed E-state index contributed by atoms with van der Waals surface area (Å²) in [5.41, 5.74) is 0.611. The zero-order valence-corrected chi connectivity index (χ0v) is 13.8. The molecular formula is C18H23NOS. The van der Waals surface area contributed by atoms with Crippen LogP contribution in [0.15, 0.2) is 47.8 Å². The number of carbonyl (C=O) groups is 1. The molecule has 0 saturated carbocycles. The van der Waals surface area contributed by atoms with Crippen molar-refractivity contribution in [2.75, 3.05) is 6.54 Å². The third-order valence-corrected chi connectivity index (χ3v) is 4.76. The van der Waals surface area contributed by atoms with E-state index >= 15 is 0 Å². The lowest BCUT2D eigenvalue weighted by Gasteiger charge is -2.34. The van der Waals surface area contributed by atoms with Gasteiger partial charge in [0.05, 0.1) is 5.41 Å². The highest BCUT2D eigenvalue weighted by molar-refractivity contribution is 7.09. The molecule has 1 atom stereocenters. The summed E-state index contributed by atoms with van der Waals surface area (Å²) in [7, 11) is 0. The number of aldehydes is 1. The first-order valence-electron chi connectivity index (χ1n) is 7.33. The highest BCUT2D eigenvalue weighted by atomic mass is 32.1. The van der Waals surface area contributed by atoms with Gasteiger partial charge in [0.25, 0.3) is 0 Å². The van der Waals surface area contributed by atoms with E-state index < -0.39 is 5.41 Å². The Bertz CT molecular complexity index is 550. The largest absolute Gasteiger partial charge is 0.302 e. The maximum atomic E-state index is 11.8. The molecule has 112 valence electrons. The fourth-order valence-corrected chi connectivity index (χ4v) is 3.19. The van der Waals surface area contributed by atoms with Crippen molar-refractivity contribution >= 4 is 17.6 Å². The van der Waals surface area contributed by atoms with Crippen LogP contribution in [0.5, 0.6) is 0 Å². The van der Waals surface area contributed by atoms with E-state index in [1.807, 2.05) is 37.3 Å². The van der Waals surface area contributed by atoms with Crippen LogP contribution in [0.4, 0.5) is 0 Å². The van der Waals surface area contributed by atoms with Crippen LogP contribution in [0.2, 0.25) is 0 Å². The van der Waals surface area contributed by atoms with E-state index in [1.165, 1.54) is 4.88 Å². The second kappa shape index (κ2) is 7.01. The Kier molecular flexibility index (Phi) is 5.32. The Labute approximate surface area is 131 Å². The van der Waals surface area contributed by atoms with Crippen molar-refractivity contribution in [3.05, 3.63) is 58.3 Å². The molecule has 2 rings (SSSR count). The summed E-state index contributed by atoms with van der Waals surface area (Å²) in [6.45, 7) is 8.02. The summed E-state index contributed by atoms with van der Waals surface area (Å²) in [5.74, 6) is 0. The maximum absolute atomic E-state index is 11.8. The molecule has 1 heterocycles. The number of thiophene rings is 1. The van der Waals surface area contributed by atoms with Gasteiger partial charge >= 0.3 is 0 Å². The maximum Gasteiger partial charge on any atom is 0.131 e. The minimum atomic E-state index is -0.469. The highest BCUT2D eigenvalue weighted by Crippen LogP contribution is 2.25.